The third-order valence-corrected chi connectivity index (χ3v) is 4.80. The summed E-state index contributed by atoms with van der Waals surface area (Å²) in [6.45, 7) is 3.01. The van der Waals surface area contributed by atoms with Crippen molar-refractivity contribution >= 4 is 0 Å². The van der Waals surface area contributed by atoms with Crippen LogP contribution in [0.4, 0.5) is 0 Å². The van der Waals surface area contributed by atoms with Crippen LogP contribution >= 0.6 is 0 Å². The second-order valence-corrected chi connectivity index (χ2v) is 6.47. The van der Waals surface area contributed by atoms with Gasteiger partial charge < -0.3 is 9.72 Å². The van der Waals surface area contributed by atoms with Crippen LogP contribution < -0.4 is 10.3 Å². The zero-order chi connectivity index (χ0) is 16.8. The van der Waals surface area contributed by atoms with Crippen molar-refractivity contribution in [3.05, 3.63) is 58.1 Å². The fraction of sp³-hybridized carbons (Fsp3) is 0.474. The van der Waals surface area contributed by atoms with Gasteiger partial charge in [-0.3, -0.25) is 9.69 Å². The molecule has 0 spiro atoms. The third kappa shape index (κ3) is 4.45. The van der Waals surface area contributed by atoms with Crippen molar-refractivity contribution in [1.29, 1.82) is 0 Å². The first-order valence-electron chi connectivity index (χ1n) is 8.63. The van der Waals surface area contributed by atoms with Crippen molar-refractivity contribution in [1.82, 2.24) is 14.9 Å². The Kier molecular flexibility index (Phi) is 5.64. The average Bonchev–Trinajstić information content (AvgIpc) is 2.61. The molecule has 24 heavy (non-hydrogen) atoms. The number of nitrogens with one attached hydrogen (secondary N) is 1. The molecule has 1 aliphatic heterocycles. The van der Waals surface area contributed by atoms with Gasteiger partial charge in [0, 0.05) is 30.1 Å². The first-order chi connectivity index (χ1) is 11.7. The molecule has 1 fully saturated rings. The van der Waals surface area contributed by atoms with E-state index in [9.17, 15) is 4.79 Å². The van der Waals surface area contributed by atoms with E-state index < -0.39 is 0 Å². The van der Waals surface area contributed by atoms with Crippen LogP contribution in [0.3, 0.4) is 0 Å². The Morgan fingerprint density at radius 1 is 1.25 bits per heavy atom. The number of likely N-dealkylation sites (tertiary alicyclic amines) is 1. The number of H-pyrrole nitrogens is 1. The van der Waals surface area contributed by atoms with Crippen molar-refractivity contribution < 1.29 is 4.74 Å². The molecule has 5 heteroatoms. The fourth-order valence-corrected chi connectivity index (χ4v) is 3.42. The van der Waals surface area contributed by atoms with Gasteiger partial charge in [0.25, 0.3) is 0 Å². The Morgan fingerprint density at radius 2 is 2.08 bits per heavy atom. The molecular formula is C19H25N3O2. The second-order valence-electron chi connectivity index (χ2n) is 6.47. The molecule has 0 aliphatic carbocycles. The van der Waals surface area contributed by atoms with Gasteiger partial charge >= 0.3 is 0 Å². The van der Waals surface area contributed by atoms with Gasteiger partial charge in [0.05, 0.1) is 7.11 Å². The quantitative estimate of drug-likeness (QED) is 0.886. The highest BCUT2D eigenvalue weighted by molar-refractivity contribution is 5.25. The van der Waals surface area contributed by atoms with Crippen LogP contribution in [-0.2, 0) is 13.0 Å². The molecule has 1 saturated heterocycles. The van der Waals surface area contributed by atoms with E-state index in [0.717, 1.165) is 43.5 Å². The summed E-state index contributed by atoms with van der Waals surface area (Å²) < 4.78 is 5.33. The van der Waals surface area contributed by atoms with Crippen LogP contribution in [0.1, 0.15) is 30.5 Å². The maximum Gasteiger partial charge on any atom is 0.248 e. The zero-order valence-corrected chi connectivity index (χ0v) is 14.2. The van der Waals surface area contributed by atoms with Gasteiger partial charge in [-0.2, -0.15) is 0 Å². The monoisotopic (exact) mass is 327 g/mol. The van der Waals surface area contributed by atoms with Gasteiger partial charge in [0.2, 0.25) is 11.4 Å². The lowest BCUT2D eigenvalue weighted by Gasteiger charge is -2.31. The summed E-state index contributed by atoms with van der Waals surface area (Å²) in [4.78, 5) is 21.0. The van der Waals surface area contributed by atoms with E-state index in [1.54, 1.807) is 19.4 Å². The molecule has 0 aromatic carbocycles. The maximum absolute atomic E-state index is 11.4. The Balaban J connectivity index is 1.46. The van der Waals surface area contributed by atoms with Crippen LogP contribution in [0.25, 0.3) is 0 Å². The smallest absolute Gasteiger partial charge is 0.248 e. The summed E-state index contributed by atoms with van der Waals surface area (Å²) in [6.07, 6.45) is 6.39. The number of methoxy groups -OCH3 is 1. The van der Waals surface area contributed by atoms with E-state index in [1.807, 2.05) is 18.2 Å². The summed E-state index contributed by atoms with van der Waals surface area (Å²) in [5.74, 6) is 1.50. The van der Waals surface area contributed by atoms with Crippen molar-refractivity contribution in [3.8, 4) is 5.88 Å². The number of aryl methyl sites for hydroxylation is 1. The van der Waals surface area contributed by atoms with Gasteiger partial charge in [-0.05, 0) is 56.8 Å². The molecule has 0 unspecified atom stereocenters. The molecular weight excluding hydrogens is 302 g/mol. The predicted molar refractivity (Wildman–Crippen MR) is 94.2 cm³/mol. The predicted octanol–water partition coefficient (Wildman–Crippen LogP) is 2.62. The SMILES string of the molecule is COc1ncccc1CCC1CCN(Cc2cccc(=O)[nH]2)CC1. The first kappa shape index (κ1) is 16.7. The van der Waals surface area contributed by atoms with Crippen LogP contribution in [0.5, 0.6) is 5.88 Å². The van der Waals surface area contributed by atoms with Gasteiger partial charge in [-0.25, -0.2) is 4.98 Å². The van der Waals surface area contributed by atoms with Crippen LogP contribution in [0, 0.1) is 5.92 Å². The van der Waals surface area contributed by atoms with Crippen LogP contribution in [0.15, 0.2) is 41.3 Å². The summed E-state index contributed by atoms with van der Waals surface area (Å²) in [5.41, 5.74) is 2.18. The van der Waals surface area contributed by atoms with Crippen molar-refractivity contribution in [2.24, 2.45) is 5.92 Å². The molecule has 0 radical (unpaired) electrons. The minimum absolute atomic E-state index is 0.0206. The van der Waals surface area contributed by atoms with Gasteiger partial charge in [-0.1, -0.05) is 12.1 Å². The molecule has 0 saturated carbocycles. The summed E-state index contributed by atoms with van der Waals surface area (Å²) in [6, 6.07) is 9.45. The standard InChI is InChI=1S/C19H25N3O2/c1-24-19-16(4-3-11-20-19)8-7-15-9-12-22(13-10-15)14-17-5-2-6-18(23)21-17/h2-6,11,15H,7-10,12-14H2,1H3,(H,21,23). The number of piperidine rings is 1. The Hall–Kier alpha value is -2.14. The van der Waals surface area contributed by atoms with Gasteiger partial charge in [0.1, 0.15) is 0 Å². The molecule has 0 bridgehead atoms. The topological polar surface area (TPSA) is 58.2 Å². The lowest BCUT2D eigenvalue weighted by Crippen LogP contribution is -2.34. The number of pyridine rings is 2. The normalized spacial score (nSPS) is 16.2. The number of rotatable bonds is 6. The molecule has 2 aromatic rings. The van der Waals surface area contributed by atoms with E-state index in [-0.39, 0.29) is 5.56 Å². The molecule has 5 nitrogen and oxygen atoms in total. The highest BCUT2D eigenvalue weighted by Crippen LogP contribution is 2.25. The maximum atomic E-state index is 11.4. The molecule has 0 atom stereocenters. The molecule has 1 N–H and O–H groups in total. The number of ether oxygens (including phenoxy) is 1. The third-order valence-electron chi connectivity index (χ3n) is 4.80. The van der Waals surface area contributed by atoms with Gasteiger partial charge in [0.15, 0.2) is 0 Å². The molecule has 3 heterocycles. The van der Waals surface area contributed by atoms with Crippen LogP contribution in [0.2, 0.25) is 0 Å². The molecule has 0 amide bonds. The summed E-state index contributed by atoms with van der Waals surface area (Å²) >= 11 is 0. The zero-order valence-electron chi connectivity index (χ0n) is 14.2. The Bertz CT molecular complexity index is 706. The van der Waals surface area contributed by atoms with Crippen molar-refractivity contribution in [2.75, 3.05) is 20.2 Å². The molecule has 2 aromatic heterocycles. The second kappa shape index (κ2) is 8.11. The van der Waals surface area contributed by atoms with E-state index in [2.05, 4.69) is 20.9 Å². The van der Waals surface area contributed by atoms with Gasteiger partial charge in [-0.15, -0.1) is 0 Å². The Labute approximate surface area is 142 Å². The average molecular weight is 327 g/mol. The first-order valence-corrected chi connectivity index (χ1v) is 8.63. The van der Waals surface area contributed by atoms with Crippen LogP contribution in [-0.4, -0.2) is 35.1 Å². The minimum Gasteiger partial charge on any atom is -0.481 e. The number of hydrogen-bond donors (Lipinski definition) is 1. The molecule has 1 aliphatic rings. The van der Waals surface area contributed by atoms with E-state index in [1.165, 1.54) is 24.8 Å². The number of nitrogens with zero attached hydrogens (tertiary/aromatic N) is 2. The molecule has 3 rings (SSSR count). The largest absolute Gasteiger partial charge is 0.481 e. The Morgan fingerprint density at radius 3 is 2.83 bits per heavy atom. The van der Waals surface area contributed by atoms with Crippen molar-refractivity contribution in [3.63, 3.8) is 0 Å². The highest BCUT2D eigenvalue weighted by atomic mass is 16.5. The number of aromatic amines is 1. The lowest BCUT2D eigenvalue weighted by molar-refractivity contribution is 0.170. The summed E-state index contributed by atoms with van der Waals surface area (Å²) in [7, 11) is 1.68. The summed E-state index contributed by atoms with van der Waals surface area (Å²) in [5, 5.41) is 0. The number of hydrogen-bond acceptors (Lipinski definition) is 4. The van der Waals surface area contributed by atoms with E-state index in [0.29, 0.717) is 0 Å². The highest BCUT2D eigenvalue weighted by Gasteiger charge is 2.19. The lowest BCUT2D eigenvalue weighted by atomic mass is 9.90. The number of aromatic nitrogens is 2. The fourth-order valence-electron chi connectivity index (χ4n) is 3.42. The molecule has 128 valence electrons. The van der Waals surface area contributed by atoms with E-state index in [4.69, 9.17) is 4.74 Å². The minimum atomic E-state index is -0.0206. The van der Waals surface area contributed by atoms with Crippen molar-refractivity contribution in [2.45, 2.75) is 32.2 Å². The van der Waals surface area contributed by atoms with E-state index >= 15 is 0 Å².